The SMILES string of the molecule is CCCCC1=C(C(=O)OCC)/C(=C/[Si](C(C)C)(C(C)C)C(C)C)C(CCCC)=C1C(=O)OCC. The Morgan fingerprint density at radius 1 is 0.706 bits per heavy atom. The van der Waals surface area contributed by atoms with Crippen molar-refractivity contribution in [3.8, 4) is 0 Å². The Morgan fingerprint density at radius 2 is 1.12 bits per heavy atom. The first kappa shape index (κ1) is 30.4. The van der Waals surface area contributed by atoms with E-state index in [4.69, 9.17) is 9.47 Å². The second kappa shape index (κ2) is 14.1. The van der Waals surface area contributed by atoms with E-state index in [1.165, 1.54) is 0 Å². The van der Waals surface area contributed by atoms with Crippen LogP contribution in [0.4, 0.5) is 0 Å². The lowest BCUT2D eigenvalue weighted by molar-refractivity contribution is -0.138. The summed E-state index contributed by atoms with van der Waals surface area (Å²) < 4.78 is 11.2. The molecule has 0 N–H and O–H groups in total. The average molecular weight is 491 g/mol. The van der Waals surface area contributed by atoms with Crippen molar-refractivity contribution in [1.82, 2.24) is 0 Å². The molecule has 1 aliphatic rings. The van der Waals surface area contributed by atoms with Crippen LogP contribution in [0.3, 0.4) is 0 Å². The third-order valence-electron chi connectivity index (χ3n) is 7.41. The van der Waals surface area contributed by atoms with Crippen molar-refractivity contribution in [2.45, 2.75) is 124 Å². The van der Waals surface area contributed by atoms with E-state index in [2.05, 4.69) is 61.1 Å². The van der Waals surface area contributed by atoms with Crippen LogP contribution in [-0.4, -0.2) is 33.2 Å². The van der Waals surface area contributed by atoms with Gasteiger partial charge in [-0.05, 0) is 72.9 Å². The summed E-state index contributed by atoms with van der Waals surface area (Å²) in [7, 11) is -2.02. The zero-order chi connectivity index (χ0) is 26.1. The number of hydrogen-bond acceptors (Lipinski definition) is 4. The maximum Gasteiger partial charge on any atom is 0.339 e. The summed E-state index contributed by atoms with van der Waals surface area (Å²) in [5.41, 5.74) is 8.07. The highest BCUT2D eigenvalue weighted by molar-refractivity contribution is 6.88. The second-order valence-electron chi connectivity index (χ2n) is 10.4. The summed E-state index contributed by atoms with van der Waals surface area (Å²) in [4.78, 5) is 26.8. The standard InChI is InChI=1S/C29H50O4Si/c1-11-15-17-23-25(19-34(20(5)6,21(7)8)22(9)10)27(29(31)33-14-4)24(18-16-12-2)26(23)28(30)32-13-3/h19-22H,11-18H2,1-10H3/b25-19+. The molecule has 0 aromatic heterocycles. The number of unbranched alkanes of at least 4 members (excludes halogenated alkanes) is 2. The fourth-order valence-corrected chi connectivity index (χ4v) is 11.6. The van der Waals surface area contributed by atoms with Crippen molar-refractivity contribution in [2.24, 2.45) is 0 Å². The highest BCUT2D eigenvalue weighted by atomic mass is 28.3. The first-order chi connectivity index (χ1) is 16.0. The number of esters is 2. The number of ether oxygens (including phenoxy) is 2. The zero-order valence-corrected chi connectivity index (χ0v) is 24.6. The Hall–Kier alpha value is -1.62. The molecule has 0 bridgehead atoms. The first-order valence-electron chi connectivity index (χ1n) is 13.6. The van der Waals surface area contributed by atoms with E-state index in [0.29, 0.717) is 47.4 Å². The average Bonchev–Trinajstić information content (AvgIpc) is 3.06. The topological polar surface area (TPSA) is 52.6 Å². The van der Waals surface area contributed by atoms with E-state index in [1.54, 1.807) is 0 Å². The first-order valence-corrected chi connectivity index (χ1v) is 15.9. The van der Waals surface area contributed by atoms with E-state index in [1.807, 2.05) is 13.8 Å². The third kappa shape index (κ3) is 6.53. The van der Waals surface area contributed by atoms with Gasteiger partial charge in [-0.1, -0.05) is 73.9 Å². The minimum atomic E-state index is -2.02. The van der Waals surface area contributed by atoms with Gasteiger partial charge in [0.15, 0.2) is 0 Å². The third-order valence-corrected chi connectivity index (χ3v) is 14.2. The molecule has 0 unspecified atom stereocenters. The van der Waals surface area contributed by atoms with Crippen LogP contribution in [-0.2, 0) is 19.1 Å². The summed E-state index contributed by atoms with van der Waals surface area (Å²) in [5.74, 6) is -0.594. The normalized spacial score (nSPS) is 16.0. The van der Waals surface area contributed by atoms with Gasteiger partial charge in [0.25, 0.3) is 0 Å². The molecule has 0 aromatic carbocycles. The molecule has 0 atom stereocenters. The Labute approximate surface area is 210 Å². The number of carbonyl (C=O) groups is 2. The van der Waals surface area contributed by atoms with Gasteiger partial charge in [-0.15, -0.1) is 0 Å². The Bertz CT molecular complexity index is 777. The number of carbonyl (C=O) groups excluding carboxylic acids is 2. The molecule has 5 heteroatoms. The van der Waals surface area contributed by atoms with E-state index in [0.717, 1.165) is 48.8 Å². The summed E-state index contributed by atoms with van der Waals surface area (Å²) in [6, 6.07) is 0. The molecule has 1 aliphatic carbocycles. The minimum Gasteiger partial charge on any atom is -0.462 e. The molecule has 0 radical (unpaired) electrons. The number of rotatable bonds is 14. The van der Waals surface area contributed by atoms with Gasteiger partial charge >= 0.3 is 11.9 Å². The van der Waals surface area contributed by atoms with Crippen LogP contribution in [0.15, 0.2) is 33.6 Å². The second-order valence-corrected chi connectivity index (χ2v) is 16.1. The van der Waals surface area contributed by atoms with Crippen molar-refractivity contribution >= 4 is 20.0 Å². The minimum absolute atomic E-state index is 0.296. The Morgan fingerprint density at radius 3 is 1.50 bits per heavy atom. The van der Waals surface area contributed by atoms with Crippen molar-refractivity contribution in [2.75, 3.05) is 13.2 Å². The van der Waals surface area contributed by atoms with Crippen molar-refractivity contribution in [1.29, 1.82) is 0 Å². The lowest BCUT2D eigenvalue weighted by atomic mass is 9.97. The molecule has 0 fully saturated rings. The predicted molar refractivity (Wildman–Crippen MR) is 145 cm³/mol. The maximum absolute atomic E-state index is 13.5. The Balaban J connectivity index is 4.11. The zero-order valence-electron chi connectivity index (χ0n) is 23.6. The highest BCUT2D eigenvalue weighted by Crippen LogP contribution is 2.49. The van der Waals surface area contributed by atoms with Gasteiger partial charge in [-0.2, -0.15) is 0 Å². The molecule has 0 spiro atoms. The molecule has 0 aromatic rings. The maximum atomic E-state index is 13.5. The van der Waals surface area contributed by atoms with Crippen molar-refractivity contribution < 1.29 is 19.1 Å². The molecule has 0 saturated carbocycles. The van der Waals surface area contributed by atoms with Gasteiger partial charge in [0.2, 0.25) is 0 Å². The van der Waals surface area contributed by atoms with E-state index in [-0.39, 0.29) is 11.9 Å². The summed E-state index contributed by atoms with van der Waals surface area (Å²) in [5, 5.41) is 0. The van der Waals surface area contributed by atoms with E-state index in [9.17, 15) is 9.59 Å². The number of hydrogen-bond donors (Lipinski definition) is 0. The smallest absolute Gasteiger partial charge is 0.339 e. The van der Waals surface area contributed by atoms with Crippen LogP contribution in [0.2, 0.25) is 16.6 Å². The van der Waals surface area contributed by atoms with Gasteiger partial charge < -0.3 is 9.47 Å². The van der Waals surface area contributed by atoms with Gasteiger partial charge in [0, 0.05) is 0 Å². The van der Waals surface area contributed by atoms with Crippen LogP contribution >= 0.6 is 0 Å². The molecule has 1 rings (SSSR count). The molecule has 194 valence electrons. The fourth-order valence-electron chi connectivity index (χ4n) is 5.77. The number of allylic oxidation sites excluding steroid dienone is 1. The van der Waals surface area contributed by atoms with E-state index < -0.39 is 8.07 Å². The van der Waals surface area contributed by atoms with Gasteiger partial charge in [-0.25, -0.2) is 9.59 Å². The molecular formula is C29H50O4Si. The van der Waals surface area contributed by atoms with Crippen molar-refractivity contribution in [3.63, 3.8) is 0 Å². The molecular weight excluding hydrogens is 440 g/mol. The molecule has 0 heterocycles. The fraction of sp³-hybridized carbons (Fsp3) is 0.724. The highest BCUT2D eigenvalue weighted by Gasteiger charge is 2.44. The Kier molecular flexibility index (Phi) is 12.6. The summed E-state index contributed by atoms with van der Waals surface area (Å²) >= 11 is 0. The van der Waals surface area contributed by atoms with Crippen LogP contribution < -0.4 is 0 Å². The monoisotopic (exact) mass is 490 g/mol. The molecule has 34 heavy (non-hydrogen) atoms. The molecule has 0 saturated heterocycles. The lowest BCUT2D eigenvalue weighted by Crippen LogP contribution is -2.43. The molecule has 0 amide bonds. The van der Waals surface area contributed by atoms with Gasteiger partial charge in [0.05, 0.1) is 32.4 Å². The van der Waals surface area contributed by atoms with Crippen LogP contribution in [0.25, 0.3) is 0 Å². The summed E-state index contributed by atoms with van der Waals surface area (Å²) in [6.45, 7) is 22.6. The van der Waals surface area contributed by atoms with Crippen LogP contribution in [0, 0.1) is 0 Å². The molecule has 4 nitrogen and oxygen atoms in total. The van der Waals surface area contributed by atoms with E-state index >= 15 is 0 Å². The summed E-state index contributed by atoms with van der Waals surface area (Å²) in [6.07, 6.45) is 5.34. The quantitative estimate of drug-likeness (QED) is 0.182. The predicted octanol–water partition coefficient (Wildman–Crippen LogP) is 8.24. The lowest BCUT2D eigenvalue weighted by Gasteiger charge is -2.41. The van der Waals surface area contributed by atoms with Gasteiger partial charge in [0.1, 0.15) is 0 Å². The van der Waals surface area contributed by atoms with Gasteiger partial charge in [-0.3, -0.25) is 0 Å². The van der Waals surface area contributed by atoms with Crippen LogP contribution in [0.5, 0.6) is 0 Å². The van der Waals surface area contributed by atoms with Crippen LogP contribution in [0.1, 0.15) is 108 Å². The largest absolute Gasteiger partial charge is 0.462 e. The molecule has 0 aliphatic heterocycles. The van der Waals surface area contributed by atoms with Crippen molar-refractivity contribution in [3.05, 3.63) is 33.6 Å².